The number of rotatable bonds is 4. The van der Waals surface area contributed by atoms with Crippen LogP contribution in [0.3, 0.4) is 0 Å². The lowest BCUT2D eigenvalue weighted by molar-refractivity contribution is -0.385. The van der Waals surface area contributed by atoms with Crippen molar-refractivity contribution in [3.05, 3.63) is 33.9 Å². The highest BCUT2D eigenvalue weighted by molar-refractivity contribution is 5.43. The monoisotopic (exact) mass is 253 g/mol. The number of hydrogen-bond donors (Lipinski definition) is 0. The summed E-state index contributed by atoms with van der Waals surface area (Å²) in [5, 5.41) is 10.4. The molecule has 0 aliphatic heterocycles. The summed E-state index contributed by atoms with van der Waals surface area (Å²) in [6.45, 7) is 1.24. The number of hydrogen-bond acceptors (Lipinski definition) is 3. The molecule has 0 aliphatic rings. The summed E-state index contributed by atoms with van der Waals surface area (Å²) in [5.41, 5.74) is -0.366. The highest BCUT2D eigenvalue weighted by atomic mass is 19.3. The van der Waals surface area contributed by atoms with Gasteiger partial charge < -0.3 is 4.74 Å². The molecule has 17 heavy (non-hydrogen) atoms. The van der Waals surface area contributed by atoms with Crippen molar-refractivity contribution in [3.8, 4) is 5.75 Å². The van der Waals surface area contributed by atoms with E-state index in [0.717, 1.165) is 18.2 Å². The molecule has 0 radical (unpaired) electrons. The van der Waals surface area contributed by atoms with Gasteiger partial charge in [0.1, 0.15) is 5.75 Å². The fourth-order valence-corrected chi connectivity index (χ4v) is 1.05. The van der Waals surface area contributed by atoms with Gasteiger partial charge in [0.2, 0.25) is 0 Å². The minimum atomic E-state index is -4.62. The van der Waals surface area contributed by atoms with Crippen LogP contribution in [0.15, 0.2) is 18.2 Å². The summed E-state index contributed by atoms with van der Waals surface area (Å²) in [5.74, 6) is -0.527. The first-order valence-corrected chi connectivity index (χ1v) is 4.34. The van der Waals surface area contributed by atoms with Gasteiger partial charge in [-0.3, -0.25) is 10.1 Å². The van der Waals surface area contributed by atoms with Crippen molar-refractivity contribution in [1.82, 2.24) is 0 Å². The molecule has 0 N–H and O–H groups in total. The number of aryl methyl sites for hydroxylation is 1. The summed E-state index contributed by atoms with van der Waals surface area (Å²) >= 11 is 0. The molecule has 0 aromatic heterocycles. The Morgan fingerprint density at radius 3 is 2.41 bits per heavy atom. The maximum absolute atomic E-state index is 12.6. The molecule has 1 rings (SSSR count). The Kier molecular flexibility index (Phi) is 3.54. The molecule has 0 bridgehead atoms. The average Bonchev–Trinajstić information content (AvgIpc) is 2.20. The maximum Gasteiger partial charge on any atom is 0.461 e. The minimum Gasteiger partial charge on any atom is -0.428 e. The molecule has 0 fully saturated rings. The van der Waals surface area contributed by atoms with Gasteiger partial charge in [0, 0.05) is 12.1 Å². The summed E-state index contributed by atoms with van der Waals surface area (Å²) < 4.78 is 52.7. The van der Waals surface area contributed by atoms with Crippen molar-refractivity contribution >= 4 is 5.69 Å². The molecule has 1 aromatic rings. The lowest BCUT2D eigenvalue weighted by Gasteiger charge is -2.17. The first-order chi connectivity index (χ1) is 7.74. The quantitative estimate of drug-likeness (QED) is 0.470. The Morgan fingerprint density at radius 1 is 1.41 bits per heavy atom. The van der Waals surface area contributed by atoms with Crippen LogP contribution in [0.5, 0.6) is 5.75 Å². The zero-order valence-electron chi connectivity index (χ0n) is 8.49. The third-order valence-electron chi connectivity index (χ3n) is 1.87. The van der Waals surface area contributed by atoms with E-state index in [2.05, 4.69) is 4.74 Å². The maximum atomic E-state index is 12.6. The van der Waals surface area contributed by atoms with Crippen molar-refractivity contribution in [2.75, 3.05) is 0 Å². The fraction of sp³-hybridized carbons (Fsp3) is 0.333. The normalized spacial score (nSPS) is 11.6. The van der Waals surface area contributed by atoms with E-state index in [0.29, 0.717) is 0 Å². The van der Waals surface area contributed by atoms with Crippen LogP contribution in [0.4, 0.5) is 23.2 Å². The highest BCUT2D eigenvalue weighted by Gasteiger charge is 2.44. The topological polar surface area (TPSA) is 52.4 Å². The molecular weight excluding hydrogens is 246 g/mol. The molecule has 0 aliphatic carbocycles. The molecule has 4 nitrogen and oxygen atoms in total. The molecule has 0 spiro atoms. The number of nitro benzene ring substituents is 1. The van der Waals surface area contributed by atoms with Crippen LogP contribution >= 0.6 is 0 Å². The molecule has 0 heterocycles. The Labute approximate surface area is 93.0 Å². The number of benzene rings is 1. The lowest BCUT2D eigenvalue weighted by atomic mass is 10.2. The van der Waals surface area contributed by atoms with Crippen LogP contribution in [0.25, 0.3) is 0 Å². The van der Waals surface area contributed by atoms with E-state index in [1.807, 2.05) is 0 Å². The molecule has 8 heteroatoms. The van der Waals surface area contributed by atoms with Gasteiger partial charge in [0.25, 0.3) is 5.69 Å². The van der Waals surface area contributed by atoms with Crippen molar-refractivity contribution in [3.63, 3.8) is 0 Å². The van der Waals surface area contributed by atoms with E-state index in [9.17, 15) is 27.7 Å². The van der Waals surface area contributed by atoms with Gasteiger partial charge in [0.15, 0.2) is 0 Å². The molecule has 1 aromatic carbocycles. The first kappa shape index (κ1) is 13.2. The molecule has 0 amide bonds. The molecule has 0 saturated carbocycles. The van der Waals surface area contributed by atoms with Gasteiger partial charge in [0.05, 0.1) is 4.92 Å². The molecule has 0 unspecified atom stereocenters. The van der Waals surface area contributed by atoms with E-state index >= 15 is 0 Å². The molecular formula is C9H7F4NO3. The highest BCUT2D eigenvalue weighted by Crippen LogP contribution is 2.31. The van der Waals surface area contributed by atoms with Gasteiger partial charge in [-0.1, -0.05) is 0 Å². The second kappa shape index (κ2) is 4.56. The standard InChI is InChI=1S/C9H7F4NO3/c1-5-4-6(14(15)16)2-3-7(5)17-9(12,13)8(10)11/h2-4,8H,1H3. The lowest BCUT2D eigenvalue weighted by Crippen LogP contribution is -2.33. The summed E-state index contributed by atoms with van der Waals surface area (Å²) in [7, 11) is 0. The van der Waals surface area contributed by atoms with Crippen molar-refractivity contribution in [1.29, 1.82) is 0 Å². The van der Waals surface area contributed by atoms with E-state index in [1.54, 1.807) is 0 Å². The number of nitro groups is 1. The SMILES string of the molecule is Cc1cc([N+](=O)[O-])ccc1OC(F)(F)C(F)F. The van der Waals surface area contributed by atoms with Crippen molar-refractivity contribution in [2.45, 2.75) is 19.5 Å². The summed E-state index contributed by atoms with van der Waals surface area (Å²) in [6, 6.07) is 2.70. The van der Waals surface area contributed by atoms with E-state index in [4.69, 9.17) is 0 Å². The molecule has 0 saturated heterocycles. The van der Waals surface area contributed by atoms with Gasteiger partial charge in [-0.15, -0.1) is 0 Å². The third-order valence-corrected chi connectivity index (χ3v) is 1.87. The van der Waals surface area contributed by atoms with Crippen LogP contribution < -0.4 is 4.74 Å². The van der Waals surface area contributed by atoms with Gasteiger partial charge in [-0.25, -0.2) is 0 Å². The minimum absolute atomic E-state index is 0.0282. The Balaban J connectivity index is 2.98. The van der Waals surface area contributed by atoms with Crippen molar-refractivity contribution < 1.29 is 27.2 Å². The van der Waals surface area contributed by atoms with Crippen LogP contribution in [0.2, 0.25) is 0 Å². The van der Waals surface area contributed by atoms with Crippen LogP contribution in [-0.2, 0) is 0 Å². The van der Waals surface area contributed by atoms with Crippen molar-refractivity contribution in [2.24, 2.45) is 0 Å². The predicted molar refractivity (Wildman–Crippen MR) is 49.4 cm³/mol. The summed E-state index contributed by atoms with van der Waals surface area (Å²) in [6.07, 6.45) is -8.60. The number of halogens is 4. The number of non-ortho nitro benzene ring substituents is 1. The van der Waals surface area contributed by atoms with Crippen LogP contribution in [-0.4, -0.2) is 17.5 Å². The summed E-state index contributed by atoms with van der Waals surface area (Å²) in [4.78, 5) is 9.62. The smallest absolute Gasteiger partial charge is 0.428 e. The average molecular weight is 253 g/mol. The van der Waals surface area contributed by atoms with E-state index < -0.39 is 23.2 Å². The zero-order valence-corrected chi connectivity index (χ0v) is 8.49. The van der Waals surface area contributed by atoms with E-state index in [-0.39, 0.29) is 11.3 Å². The number of ether oxygens (including phenoxy) is 1. The second-order valence-corrected chi connectivity index (χ2v) is 3.17. The zero-order chi connectivity index (χ0) is 13.2. The Bertz CT molecular complexity index is 436. The Morgan fingerprint density at radius 2 is 2.00 bits per heavy atom. The van der Waals surface area contributed by atoms with Crippen LogP contribution in [0, 0.1) is 17.0 Å². The van der Waals surface area contributed by atoms with Gasteiger partial charge in [-0.05, 0) is 18.6 Å². The number of nitrogens with zero attached hydrogens (tertiary/aromatic N) is 1. The fourth-order valence-electron chi connectivity index (χ4n) is 1.05. The third kappa shape index (κ3) is 3.05. The molecule has 94 valence electrons. The van der Waals surface area contributed by atoms with Gasteiger partial charge in [-0.2, -0.15) is 17.6 Å². The molecule has 0 atom stereocenters. The predicted octanol–water partition coefficient (Wildman–Crippen LogP) is 3.14. The first-order valence-electron chi connectivity index (χ1n) is 4.34. The van der Waals surface area contributed by atoms with Gasteiger partial charge >= 0.3 is 12.5 Å². The Hall–Kier alpha value is -1.86. The second-order valence-electron chi connectivity index (χ2n) is 3.17. The largest absolute Gasteiger partial charge is 0.461 e. The van der Waals surface area contributed by atoms with Crippen LogP contribution in [0.1, 0.15) is 5.56 Å². The number of alkyl halides is 4. The van der Waals surface area contributed by atoms with E-state index in [1.165, 1.54) is 6.92 Å².